The Morgan fingerprint density at radius 2 is 2.06 bits per heavy atom. The summed E-state index contributed by atoms with van der Waals surface area (Å²) in [5, 5.41) is 9.38. The number of hydrogen-bond acceptors (Lipinski definition) is 2. The molecule has 16 heavy (non-hydrogen) atoms. The maximum atomic E-state index is 10.7. The predicted octanol–water partition coefficient (Wildman–Crippen LogP) is 2.93. The Balaban J connectivity index is 3.13. The van der Waals surface area contributed by atoms with E-state index in [0.717, 1.165) is 12.0 Å². The zero-order valence-electron chi connectivity index (χ0n) is 9.42. The first-order valence-corrected chi connectivity index (χ1v) is 5.62. The molecule has 4 heteroatoms. The molecule has 1 N–H and O–H groups in total. The lowest BCUT2D eigenvalue weighted by Crippen LogP contribution is -2.04. The molecule has 0 heterocycles. The first-order valence-electron chi connectivity index (χ1n) is 5.24. The number of halogens is 1. The standard InChI is InChI=1S/C12H15ClO3/c1-3-8-6-11(16-4-2)9(5-10(8)13)7-12(14)15/h5-6H,3-4,7H2,1-2H3,(H,14,15). The van der Waals surface area contributed by atoms with Gasteiger partial charge < -0.3 is 9.84 Å². The fraction of sp³-hybridized carbons (Fsp3) is 0.417. The monoisotopic (exact) mass is 242 g/mol. The number of rotatable bonds is 5. The average molecular weight is 243 g/mol. The summed E-state index contributed by atoms with van der Waals surface area (Å²) in [6.45, 7) is 4.37. The Labute approximate surface area is 100.0 Å². The van der Waals surface area contributed by atoms with E-state index in [2.05, 4.69) is 0 Å². The van der Waals surface area contributed by atoms with Crippen molar-refractivity contribution in [3.63, 3.8) is 0 Å². The van der Waals surface area contributed by atoms with Gasteiger partial charge in [0.05, 0.1) is 13.0 Å². The number of hydrogen-bond donors (Lipinski definition) is 1. The van der Waals surface area contributed by atoms with E-state index < -0.39 is 5.97 Å². The third kappa shape index (κ3) is 3.14. The quantitative estimate of drug-likeness (QED) is 0.864. The van der Waals surface area contributed by atoms with Crippen molar-refractivity contribution >= 4 is 17.6 Å². The fourth-order valence-corrected chi connectivity index (χ4v) is 1.82. The number of carboxylic acids is 1. The van der Waals surface area contributed by atoms with Crippen molar-refractivity contribution < 1.29 is 14.6 Å². The summed E-state index contributed by atoms with van der Waals surface area (Å²) in [7, 11) is 0. The van der Waals surface area contributed by atoms with Crippen molar-refractivity contribution in [1.29, 1.82) is 0 Å². The summed E-state index contributed by atoms with van der Waals surface area (Å²) in [6.07, 6.45) is 0.727. The van der Waals surface area contributed by atoms with E-state index >= 15 is 0 Å². The van der Waals surface area contributed by atoms with Crippen molar-refractivity contribution in [2.45, 2.75) is 26.7 Å². The molecule has 0 aliphatic carbocycles. The van der Waals surface area contributed by atoms with Crippen LogP contribution in [0.4, 0.5) is 0 Å². The van der Waals surface area contributed by atoms with E-state index in [4.69, 9.17) is 21.4 Å². The second kappa shape index (κ2) is 5.75. The van der Waals surface area contributed by atoms with E-state index in [1.54, 1.807) is 6.07 Å². The SMILES string of the molecule is CCOc1cc(CC)c(Cl)cc1CC(=O)O. The number of carboxylic acid groups (broad SMARTS) is 1. The molecule has 0 unspecified atom stereocenters. The molecule has 0 saturated heterocycles. The lowest BCUT2D eigenvalue weighted by molar-refractivity contribution is -0.136. The number of benzene rings is 1. The second-order valence-electron chi connectivity index (χ2n) is 3.41. The molecule has 0 aromatic heterocycles. The van der Waals surface area contributed by atoms with Gasteiger partial charge in [-0.05, 0) is 31.0 Å². The molecule has 1 rings (SSSR count). The highest BCUT2D eigenvalue weighted by atomic mass is 35.5. The molecule has 1 aromatic rings. The minimum atomic E-state index is -0.888. The van der Waals surface area contributed by atoms with Crippen LogP contribution in [0.25, 0.3) is 0 Å². The van der Waals surface area contributed by atoms with Crippen LogP contribution in [0.15, 0.2) is 12.1 Å². The van der Waals surface area contributed by atoms with Crippen LogP contribution in [0.2, 0.25) is 5.02 Å². The van der Waals surface area contributed by atoms with Gasteiger partial charge >= 0.3 is 5.97 Å². The topological polar surface area (TPSA) is 46.5 Å². The predicted molar refractivity (Wildman–Crippen MR) is 63.3 cm³/mol. The minimum Gasteiger partial charge on any atom is -0.494 e. The van der Waals surface area contributed by atoms with Crippen LogP contribution in [0, 0.1) is 0 Å². The molecule has 0 spiro atoms. The minimum absolute atomic E-state index is 0.0704. The second-order valence-corrected chi connectivity index (χ2v) is 3.82. The zero-order valence-corrected chi connectivity index (χ0v) is 10.2. The van der Waals surface area contributed by atoms with Gasteiger partial charge in [0.25, 0.3) is 0 Å². The van der Waals surface area contributed by atoms with Crippen molar-refractivity contribution in [3.05, 3.63) is 28.3 Å². The molecule has 0 amide bonds. The molecular formula is C12H15ClO3. The Morgan fingerprint density at radius 1 is 1.38 bits per heavy atom. The Morgan fingerprint density at radius 3 is 2.56 bits per heavy atom. The summed E-state index contributed by atoms with van der Waals surface area (Å²) in [6, 6.07) is 3.50. The number of aryl methyl sites for hydroxylation is 1. The first kappa shape index (κ1) is 12.8. The summed E-state index contributed by atoms with van der Waals surface area (Å²) in [5.74, 6) is -0.271. The van der Waals surface area contributed by atoms with Gasteiger partial charge in [-0.2, -0.15) is 0 Å². The maximum Gasteiger partial charge on any atom is 0.307 e. The van der Waals surface area contributed by atoms with Gasteiger partial charge in [0.1, 0.15) is 5.75 Å². The Bertz CT molecular complexity index is 388. The molecule has 1 aromatic carbocycles. The van der Waals surface area contributed by atoms with Gasteiger partial charge in [-0.15, -0.1) is 0 Å². The van der Waals surface area contributed by atoms with Crippen LogP contribution in [0.1, 0.15) is 25.0 Å². The highest BCUT2D eigenvalue weighted by molar-refractivity contribution is 6.31. The van der Waals surface area contributed by atoms with E-state index in [1.165, 1.54) is 0 Å². The Kier molecular flexibility index (Phi) is 4.62. The highest BCUT2D eigenvalue weighted by Gasteiger charge is 2.11. The number of ether oxygens (including phenoxy) is 1. The summed E-state index contributed by atoms with van der Waals surface area (Å²) in [5.41, 5.74) is 1.59. The highest BCUT2D eigenvalue weighted by Crippen LogP contribution is 2.28. The summed E-state index contributed by atoms with van der Waals surface area (Å²) >= 11 is 6.04. The fourth-order valence-electron chi connectivity index (χ4n) is 1.50. The van der Waals surface area contributed by atoms with E-state index in [9.17, 15) is 4.79 Å². The summed E-state index contributed by atoms with van der Waals surface area (Å²) in [4.78, 5) is 10.7. The molecule has 0 atom stereocenters. The van der Waals surface area contributed by atoms with E-state index in [-0.39, 0.29) is 6.42 Å². The van der Waals surface area contributed by atoms with Crippen molar-refractivity contribution in [2.24, 2.45) is 0 Å². The largest absolute Gasteiger partial charge is 0.494 e. The smallest absolute Gasteiger partial charge is 0.307 e. The molecule has 0 saturated carbocycles. The summed E-state index contributed by atoms with van der Waals surface area (Å²) < 4.78 is 5.41. The van der Waals surface area contributed by atoms with E-state index in [0.29, 0.717) is 22.9 Å². The lowest BCUT2D eigenvalue weighted by Gasteiger charge is -2.12. The number of carbonyl (C=O) groups is 1. The third-order valence-corrected chi connectivity index (χ3v) is 2.60. The van der Waals surface area contributed by atoms with Crippen LogP contribution < -0.4 is 4.74 Å². The van der Waals surface area contributed by atoms with Gasteiger partial charge in [-0.3, -0.25) is 4.79 Å². The maximum absolute atomic E-state index is 10.7. The lowest BCUT2D eigenvalue weighted by atomic mass is 10.1. The average Bonchev–Trinajstić information content (AvgIpc) is 2.21. The van der Waals surface area contributed by atoms with Crippen LogP contribution in [-0.2, 0) is 17.6 Å². The Hall–Kier alpha value is -1.22. The zero-order chi connectivity index (χ0) is 12.1. The molecule has 0 radical (unpaired) electrons. The molecular weight excluding hydrogens is 228 g/mol. The number of aliphatic carboxylic acids is 1. The molecule has 0 aliphatic heterocycles. The molecule has 0 fully saturated rings. The van der Waals surface area contributed by atoms with Crippen LogP contribution in [0.3, 0.4) is 0 Å². The van der Waals surface area contributed by atoms with Crippen LogP contribution in [0.5, 0.6) is 5.75 Å². The van der Waals surface area contributed by atoms with Crippen LogP contribution >= 0.6 is 11.6 Å². The van der Waals surface area contributed by atoms with Gasteiger partial charge in [-0.1, -0.05) is 18.5 Å². The van der Waals surface area contributed by atoms with Crippen molar-refractivity contribution in [3.8, 4) is 5.75 Å². The van der Waals surface area contributed by atoms with Gasteiger partial charge in [-0.25, -0.2) is 0 Å². The van der Waals surface area contributed by atoms with Crippen molar-refractivity contribution in [1.82, 2.24) is 0 Å². The third-order valence-electron chi connectivity index (χ3n) is 2.25. The van der Waals surface area contributed by atoms with Gasteiger partial charge in [0.2, 0.25) is 0 Å². The molecule has 3 nitrogen and oxygen atoms in total. The molecule has 0 aliphatic rings. The first-order chi connectivity index (χ1) is 7.58. The van der Waals surface area contributed by atoms with E-state index in [1.807, 2.05) is 19.9 Å². The van der Waals surface area contributed by atoms with Crippen molar-refractivity contribution in [2.75, 3.05) is 6.61 Å². The molecule has 0 bridgehead atoms. The van der Waals surface area contributed by atoms with Gasteiger partial charge in [0.15, 0.2) is 0 Å². The van der Waals surface area contributed by atoms with Crippen LogP contribution in [-0.4, -0.2) is 17.7 Å². The normalized spacial score (nSPS) is 10.2. The van der Waals surface area contributed by atoms with Gasteiger partial charge in [0, 0.05) is 10.6 Å². The molecule has 88 valence electrons.